The van der Waals surface area contributed by atoms with Crippen molar-refractivity contribution in [2.45, 2.75) is 45.4 Å². The second kappa shape index (κ2) is 7.34. The van der Waals surface area contributed by atoms with Gasteiger partial charge >= 0.3 is 11.9 Å². The molecular formula is C17H21NO5S. The molecule has 1 aromatic heterocycles. The second-order valence-corrected chi connectivity index (χ2v) is 7.17. The fourth-order valence-corrected chi connectivity index (χ4v) is 4.27. The maximum absolute atomic E-state index is 12.2. The average Bonchev–Trinajstić information content (AvgIpc) is 3.03. The van der Waals surface area contributed by atoms with Crippen LogP contribution in [-0.2, 0) is 31.9 Å². The van der Waals surface area contributed by atoms with E-state index in [9.17, 15) is 14.4 Å². The molecule has 24 heavy (non-hydrogen) atoms. The van der Waals surface area contributed by atoms with E-state index in [4.69, 9.17) is 9.47 Å². The molecule has 0 unspecified atom stereocenters. The number of hydrogen-bond acceptors (Lipinski definition) is 6. The van der Waals surface area contributed by atoms with Gasteiger partial charge in [0.2, 0.25) is 0 Å². The van der Waals surface area contributed by atoms with Crippen LogP contribution in [0.3, 0.4) is 0 Å². The fraction of sp³-hybridized carbons (Fsp3) is 0.588. The largest absolute Gasteiger partial charge is 0.462 e. The van der Waals surface area contributed by atoms with E-state index in [1.165, 1.54) is 11.3 Å². The Balaban J connectivity index is 1.64. The number of esters is 2. The van der Waals surface area contributed by atoms with Crippen molar-refractivity contribution in [1.82, 2.24) is 0 Å². The number of nitrogens with one attached hydrogen (secondary N) is 1. The topological polar surface area (TPSA) is 81.7 Å². The molecule has 3 rings (SSSR count). The van der Waals surface area contributed by atoms with Crippen molar-refractivity contribution in [1.29, 1.82) is 0 Å². The first-order chi connectivity index (χ1) is 11.6. The molecule has 0 aromatic carbocycles. The molecule has 1 amide bonds. The number of fused-ring (bicyclic) bond motifs is 1. The molecule has 0 aliphatic heterocycles. The zero-order valence-electron chi connectivity index (χ0n) is 13.7. The van der Waals surface area contributed by atoms with Crippen LogP contribution in [0.15, 0.2) is 0 Å². The highest BCUT2D eigenvalue weighted by atomic mass is 32.1. The summed E-state index contributed by atoms with van der Waals surface area (Å²) in [6.07, 6.45) is 5.47. The van der Waals surface area contributed by atoms with Gasteiger partial charge in [0, 0.05) is 4.88 Å². The van der Waals surface area contributed by atoms with Crippen molar-refractivity contribution in [3.8, 4) is 0 Å². The van der Waals surface area contributed by atoms with Crippen molar-refractivity contribution < 1.29 is 23.9 Å². The van der Waals surface area contributed by atoms with Gasteiger partial charge in [0.15, 0.2) is 6.61 Å². The maximum Gasteiger partial charge on any atom is 0.341 e. The minimum atomic E-state index is -0.423. The summed E-state index contributed by atoms with van der Waals surface area (Å²) in [4.78, 5) is 37.1. The molecule has 1 N–H and O–H groups in total. The zero-order chi connectivity index (χ0) is 17.1. The highest BCUT2D eigenvalue weighted by Gasteiger charge is 2.29. The Kier molecular flexibility index (Phi) is 5.18. The monoisotopic (exact) mass is 351 g/mol. The summed E-state index contributed by atoms with van der Waals surface area (Å²) in [7, 11) is 0. The van der Waals surface area contributed by atoms with Crippen molar-refractivity contribution in [3.05, 3.63) is 16.0 Å². The van der Waals surface area contributed by atoms with E-state index < -0.39 is 11.9 Å². The molecule has 7 heteroatoms. The van der Waals surface area contributed by atoms with E-state index in [1.807, 2.05) is 0 Å². The normalized spacial score (nSPS) is 16.2. The lowest BCUT2D eigenvalue weighted by atomic mass is 9.86. The van der Waals surface area contributed by atoms with E-state index in [1.54, 1.807) is 6.92 Å². The molecule has 2 aliphatic carbocycles. The van der Waals surface area contributed by atoms with Gasteiger partial charge in [-0.3, -0.25) is 9.59 Å². The van der Waals surface area contributed by atoms with Gasteiger partial charge in [-0.2, -0.15) is 0 Å². The first-order valence-electron chi connectivity index (χ1n) is 8.38. The summed E-state index contributed by atoms with van der Waals surface area (Å²) in [6, 6.07) is 0. The van der Waals surface area contributed by atoms with E-state index in [0.29, 0.717) is 10.6 Å². The Morgan fingerprint density at radius 2 is 1.96 bits per heavy atom. The zero-order valence-corrected chi connectivity index (χ0v) is 14.5. The van der Waals surface area contributed by atoms with Crippen LogP contribution in [0.1, 0.15) is 53.4 Å². The van der Waals surface area contributed by atoms with Crippen LogP contribution < -0.4 is 5.32 Å². The maximum atomic E-state index is 12.2. The SMILES string of the molecule is CCOC(=O)c1c(NC(=O)COC(=O)C2CCC2)sc2c1CCC2. The molecule has 6 nitrogen and oxygen atoms in total. The Hall–Kier alpha value is -1.89. The van der Waals surface area contributed by atoms with E-state index in [-0.39, 0.29) is 25.1 Å². The predicted molar refractivity (Wildman–Crippen MR) is 89.2 cm³/mol. The molecule has 130 valence electrons. The van der Waals surface area contributed by atoms with E-state index >= 15 is 0 Å². The quantitative estimate of drug-likeness (QED) is 0.797. The molecular weight excluding hydrogens is 330 g/mol. The van der Waals surface area contributed by atoms with Crippen LogP contribution in [0.25, 0.3) is 0 Å². The Morgan fingerprint density at radius 1 is 1.17 bits per heavy atom. The third-order valence-corrected chi connectivity index (χ3v) is 5.65. The Morgan fingerprint density at radius 3 is 2.62 bits per heavy atom. The highest BCUT2D eigenvalue weighted by molar-refractivity contribution is 7.17. The van der Waals surface area contributed by atoms with E-state index in [2.05, 4.69) is 5.32 Å². The van der Waals surface area contributed by atoms with Crippen LogP contribution in [0, 0.1) is 5.92 Å². The van der Waals surface area contributed by atoms with Gasteiger partial charge in [-0.25, -0.2) is 4.79 Å². The smallest absolute Gasteiger partial charge is 0.341 e. The number of carbonyl (C=O) groups excluding carboxylic acids is 3. The molecule has 0 atom stereocenters. The molecule has 0 spiro atoms. The third kappa shape index (κ3) is 3.45. The predicted octanol–water partition coefficient (Wildman–Crippen LogP) is 2.70. The first-order valence-corrected chi connectivity index (χ1v) is 9.20. The van der Waals surface area contributed by atoms with Crippen LogP contribution in [0.2, 0.25) is 0 Å². The van der Waals surface area contributed by atoms with Crippen LogP contribution in [0.4, 0.5) is 5.00 Å². The van der Waals surface area contributed by atoms with Crippen molar-refractivity contribution >= 4 is 34.2 Å². The second-order valence-electron chi connectivity index (χ2n) is 6.07. The molecule has 0 saturated heterocycles. The van der Waals surface area contributed by atoms with Crippen molar-refractivity contribution in [3.63, 3.8) is 0 Å². The number of anilines is 1. The van der Waals surface area contributed by atoms with Gasteiger partial charge in [0.05, 0.1) is 18.1 Å². The van der Waals surface area contributed by atoms with Crippen LogP contribution in [-0.4, -0.2) is 31.1 Å². The fourth-order valence-electron chi connectivity index (χ4n) is 2.97. The molecule has 2 aliphatic rings. The summed E-state index contributed by atoms with van der Waals surface area (Å²) in [5.41, 5.74) is 1.45. The lowest BCUT2D eigenvalue weighted by Crippen LogP contribution is -2.28. The van der Waals surface area contributed by atoms with Gasteiger partial charge in [0.1, 0.15) is 5.00 Å². The number of hydrogen-bond donors (Lipinski definition) is 1. The number of ether oxygens (including phenoxy) is 2. The number of rotatable bonds is 6. The molecule has 0 bridgehead atoms. The van der Waals surface area contributed by atoms with Gasteiger partial charge in [-0.15, -0.1) is 11.3 Å². The Bertz CT molecular complexity index is 662. The third-order valence-electron chi connectivity index (χ3n) is 4.44. The standard InChI is InChI=1S/C17H21NO5S/c1-2-22-17(21)14-11-7-4-8-12(11)24-15(14)18-13(19)9-23-16(20)10-5-3-6-10/h10H,2-9H2,1H3,(H,18,19). The molecule has 1 saturated carbocycles. The lowest BCUT2D eigenvalue weighted by Gasteiger charge is -2.22. The summed E-state index contributed by atoms with van der Waals surface area (Å²) in [5, 5.41) is 3.21. The molecule has 1 aromatic rings. The van der Waals surface area contributed by atoms with Gasteiger partial charge in [0.25, 0.3) is 5.91 Å². The number of aryl methyl sites for hydroxylation is 1. The highest BCUT2D eigenvalue weighted by Crippen LogP contribution is 2.39. The summed E-state index contributed by atoms with van der Waals surface area (Å²) < 4.78 is 10.2. The summed E-state index contributed by atoms with van der Waals surface area (Å²) in [6.45, 7) is 1.72. The minimum absolute atomic E-state index is 0.0570. The molecule has 1 heterocycles. The Labute approximate surface area is 144 Å². The number of carbonyl (C=O) groups is 3. The lowest BCUT2D eigenvalue weighted by molar-refractivity contribution is -0.154. The molecule has 0 radical (unpaired) electrons. The van der Waals surface area contributed by atoms with Crippen molar-refractivity contribution in [2.75, 3.05) is 18.5 Å². The summed E-state index contributed by atoms with van der Waals surface area (Å²) >= 11 is 1.41. The number of amides is 1. The van der Waals surface area contributed by atoms with Crippen LogP contribution in [0.5, 0.6) is 0 Å². The van der Waals surface area contributed by atoms with Gasteiger partial charge in [-0.05, 0) is 44.6 Å². The minimum Gasteiger partial charge on any atom is -0.462 e. The molecule has 1 fully saturated rings. The number of thiophene rings is 1. The van der Waals surface area contributed by atoms with Gasteiger partial charge in [-0.1, -0.05) is 6.42 Å². The van der Waals surface area contributed by atoms with Crippen molar-refractivity contribution in [2.24, 2.45) is 5.92 Å². The summed E-state index contributed by atoms with van der Waals surface area (Å²) in [5.74, 6) is -1.19. The average molecular weight is 351 g/mol. The van der Waals surface area contributed by atoms with Crippen LogP contribution >= 0.6 is 11.3 Å². The van der Waals surface area contributed by atoms with Gasteiger partial charge < -0.3 is 14.8 Å². The van der Waals surface area contributed by atoms with E-state index in [0.717, 1.165) is 49.0 Å². The first kappa shape index (κ1) is 17.0.